The van der Waals surface area contributed by atoms with Crippen LogP contribution in [0.2, 0.25) is 0 Å². The van der Waals surface area contributed by atoms with Gasteiger partial charge >= 0.3 is 5.97 Å². The molecule has 0 saturated carbocycles. The standard InChI is InChI=1S/C18H22N4O4S2/c1-8-13-12(9(2)23)16(24)22(13)14(17(25)26)15(8)28-18-20-11(6-27-18)10-3-4-21(5-10)7-19/h6-10,12-13,19,23H,3-5H2,1-2H3,(H,25,26)/t8-,9-,10+,12-,13-/m1/s1. The third-order valence-electron chi connectivity index (χ3n) is 5.83. The zero-order chi connectivity index (χ0) is 20.2. The van der Waals surface area contributed by atoms with Crippen LogP contribution in [0.5, 0.6) is 0 Å². The van der Waals surface area contributed by atoms with Crippen LogP contribution < -0.4 is 0 Å². The number of hydrogen-bond donors (Lipinski definition) is 3. The van der Waals surface area contributed by atoms with E-state index < -0.39 is 18.0 Å². The molecular weight excluding hydrogens is 400 g/mol. The molecular formula is C18H22N4O4S2. The quantitative estimate of drug-likeness (QED) is 0.363. The van der Waals surface area contributed by atoms with Gasteiger partial charge in [-0.1, -0.05) is 18.7 Å². The van der Waals surface area contributed by atoms with Gasteiger partial charge < -0.3 is 20.0 Å². The lowest BCUT2D eigenvalue weighted by atomic mass is 9.79. The number of aromatic nitrogens is 1. The number of nitrogens with zero attached hydrogens (tertiary/aromatic N) is 3. The predicted molar refractivity (Wildman–Crippen MR) is 105 cm³/mol. The fourth-order valence-electron chi connectivity index (χ4n) is 4.40. The smallest absolute Gasteiger partial charge is 0.353 e. The van der Waals surface area contributed by atoms with E-state index in [0.29, 0.717) is 4.91 Å². The van der Waals surface area contributed by atoms with Crippen LogP contribution in [0.3, 0.4) is 0 Å². The number of nitrogens with one attached hydrogen (secondary N) is 1. The second-order valence-electron chi connectivity index (χ2n) is 7.52. The summed E-state index contributed by atoms with van der Waals surface area (Å²) >= 11 is 2.79. The molecule has 0 aromatic carbocycles. The first-order chi connectivity index (χ1) is 13.3. The van der Waals surface area contributed by atoms with Gasteiger partial charge in [-0.3, -0.25) is 10.2 Å². The summed E-state index contributed by atoms with van der Waals surface area (Å²) < 4.78 is 0.757. The number of thiazole rings is 1. The molecule has 10 heteroatoms. The summed E-state index contributed by atoms with van der Waals surface area (Å²) in [4.78, 5) is 32.9. The zero-order valence-electron chi connectivity index (χ0n) is 15.5. The molecule has 28 heavy (non-hydrogen) atoms. The molecule has 5 atom stereocenters. The molecule has 1 aromatic rings. The number of carbonyl (C=O) groups excluding carboxylic acids is 1. The highest BCUT2D eigenvalue weighted by atomic mass is 32.2. The summed E-state index contributed by atoms with van der Waals surface area (Å²) in [6.45, 7) is 5.10. The minimum absolute atomic E-state index is 0.0250. The molecule has 2 saturated heterocycles. The second-order valence-corrected chi connectivity index (χ2v) is 9.67. The van der Waals surface area contributed by atoms with E-state index in [1.165, 1.54) is 34.3 Å². The number of thioether (sulfide) groups is 1. The Morgan fingerprint density at radius 2 is 2.29 bits per heavy atom. The molecule has 0 bridgehead atoms. The summed E-state index contributed by atoms with van der Waals surface area (Å²) in [5.74, 6) is -1.89. The highest BCUT2D eigenvalue weighted by Gasteiger charge is 2.60. The van der Waals surface area contributed by atoms with Crippen LogP contribution >= 0.6 is 23.1 Å². The summed E-state index contributed by atoms with van der Waals surface area (Å²) in [6.07, 6.45) is 1.50. The maximum absolute atomic E-state index is 12.4. The van der Waals surface area contributed by atoms with Gasteiger partial charge in [0.05, 0.1) is 30.1 Å². The molecule has 4 rings (SSSR count). The summed E-state index contributed by atoms with van der Waals surface area (Å²) in [5.41, 5.74) is 0.998. The number of amides is 1. The number of likely N-dealkylation sites (tertiary alicyclic amines) is 1. The number of rotatable bonds is 6. The van der Waals surface area contributed by atoms with Crippen LogP contribution in [0.4, 0.5) is 0 Å². The van der Waals surface area contributed by atoms with Gasteiger partial charge in [0, 0.05) is 35.2 Å². The number of aliphatic hydroxyl groups is 1. The van der Waals surface area contributed by atoms with Crippen LogP contribution in [0, 0.1) is 17.2 Å². The molecule has 150 valence electrons. The minimum Gasteiger partial charge on any atom is -0.477 e. The number of aliphatic hydroxyl groups excluding tert-OH is 1. The lowest BCUT2D eigenvalue weighted by Gasteiger charge is -2.46. The number of carboxylic acid groups (broad SMARTS) is 1. The van der Waals surface area contributed by atoms with Crippen LogP contribution in [-0.2, 0) is 9.59 Å². The Bertz CT molecular complexity index is 868. The van der Waals surface area contributed by atoms with Crippen molar-refractivity contribution >= 4 is 41.3 Å². The SMILES string of the molecule is C[C@@H](O)[C@H]1C(=O)N2C(C(=O)O)=C(Sc3nc([C@H]4CCN(C=N)C4)cs3)[C@H](C)[C@H]12. The Kier molecular flexibility index (Phi) is 4.96. The fraction of sp³-hybridized carbons (Fsp3) is 0.556. The van der Waals surface area contributed by atoms with Crippen molar-refractivity contribution in [2.24, 2.45) is 11.8 Å². The van der Waals surface area contributed by atoms with Crippen molar-refractivity contribution in [3.63, 3.8) is 0 Å². The molecule has 8 nitrogen and oxygen atoms in total. The van der Waals surface area contributed by atoms with Crippen LogP contribution in [0.15, 0.2) is 20.3 Å². The Labute approximate surface area is 170 Å². The van der Waals surface area contributed by atoms with Crippen molar-refractivity contribution in [2.45, 2.75) is 42.7 Å². The average Bonchev–Trinajstić information content (AvgIpc) is 3.33. The lowest BCUT2D eigenvalue weighted by Crippen LogP contribution is -2.63. The van der Waals surface area contributed by atoms with Gasteiger partial charge in [0.15, 0.2) is 4.34 Å². The molecule has 4 heterocycles. The molecule has 0 spiro atoms. The molecule has 1 aromatic heterocycles. The topological polar surface area (TPSA) is 118 Å². The van der Waals surface area contributed by atoms with Crippen molar-refractivity contribution in [1.82, 2.24) is 14.8 Å². The third-order valence-corrected chi connectivity index (χ3v) is 8.07. The summed E-state index contributed by atoms with van der Waals surface area (Å²) in [6, 6.07) is -0.309. The van der Waals surface area contributed by atoms with Crippen molar-refractivity contribution in [2.75, 3.05) is 13.1 Å². The second kappa shape index (κ2) is 7.16. The highest BCUT2D eigenvalue weighted by molar-refractivity contribution is 8.04. The van der Waals surface area contributed by atoms with E-state index >= 15 is 0 Å². The van der Waals surface area contributed by atoms with E-state index in [-0.39, 0.29) is 29.5 Å². The van der Waals surface area contributed by atoms with E-state index in [1.807, 2.05) is 17.2 Å². The molecule has 0 radical (unpaired) electrons. The molecule has 3 aliphatic heterocycles. The Balaban J connectivity index is 1.57. The summed E-state index contributed by atoms with van der Waals surface area (Å²) in [7, 11) is 0. The van der Waals surface area contributed by atoms with Crippen molar-refractivity contribution in [3.05, 3.63) is 21.7 Å². The first-order valence-corrected chi connectivity index (χ1v) is 10.9. The Morgan fingerprint density at radius 3 is 2.89 bits per heavy atom. The van der Waals surface area contributed by atoms with Crippen molar-refractivity contribution in [1.29, 1.82) is 5.41 Å². The van der Waals surface area contributed by atoms with Gasteiger partial charge in [-0.15, -0.1) is 11.3 Å². The number of carboxylic acids is 1. The third kappa shape index (κ3) is 2.94. The Morgan fingerprint density at radius 1 is 1.54 bits per heavy atom. The van der Waals surface area contributed by atoms with Gasteiger partial charge in [0.1, 0.15) is 5.70 Å². The first kappa shape index (κ1) is 19.4. The number of carbonyl (C=O) groups is 2. The number of β-lactam (4-membered cyclic amide) rings is 1. The van der Waals surface area contributed by atoms with Crippen LogP contribution in [-0.4, -0.2) is 68.4 Å². The minimum atomic E-state index is -1.12. The normalized spacial score (nSPS) is 30.5. The van der Waals surface area contributed by atoms with Gasteiger partial charge in [0.25, 0.3) is 0 Å². The maximum atomic E-state index is 12.4. The molecule has 1 amide bonds. The first-order valence-electron chi connectivity index (χ1n) is 9.20. The van der Waals surface area contributed by atoms with E-state index in [9.17, 15) is 19.8 Å². The van der Waals surface area contributed by atoms with Gasteiger partial charge in [-0.25, -0.2) is 9.78 Å². The Hall–Kier alpha value is -1.91. The molecule has 3 N–H and O–H groups in total. The molecule has 2 fully saturated rings. The number of hydrogen-bond acceptors (Lipinski definition) is 7. The van der Waals surface area contributed by atoms with E-state index in [2.05, 4.69) is 0 Å². The number of aliphatic carboxylic acids is 1. The zero-order valence-corrected chi connectivity index (χ0v) is 17.2. The number of fused-ring (bicyclic) bond motifs is 1. The van der Waals surface area contributed by atoms with Crippen LogP contribution in [0.1, 0.15) is 31.9 Å². The van der Waals surface area contributed by atoms with Gasteiger partial charge in [0.2, 0.25) is 5.91 Å². The lowest BCUT2D eigenvalue weighted by molar-refractivity contribution is -0.163. The molecule has 0 unspecified atom stereocenters. The van der Waals surface area contributed by atoms with Crippen molar-refractivity contribution < 1.29 is 19.8 Å². The summed E-state index contributed by atoms with van der Waals surface area (Å²) in [5, 5.41) is 29.0. The monoisotopic (exact) mass is 422 g/mol. The predicted octanol–water partition coefficient (Wildman–Crippen LogP) is 1.79. The van der Waals surface area contributed by atoms with Gasteiger partial charge in [-0.2, -0.15) is 0 Å². The van der Waals surface area contributed by atoms with Crippen molar-refractivity contribution in [3.8, 4) is 0 Å². The highest BCUT2D eigenvalue weighted by Crippen LogP contribution is 2.52. The largest absolute Gasteiger partial charge is 0.477 e. The van der Waals surface area contributed by atoms with Gasteiger partial charge in [-0.05, 0) is 13.3 Å². The van der Waals surface area contributed by atoms with Crippen LogP contribution in [0.25, 0.3) is 0 Å². The van der Waals surface area contributed by atoms with E-state index in [0.717, 1.165) is 29.5 Å². The molecule has 3 aliphatic rings. The molecule has 0 aliphatic carbocycles. The van der Waals surface area contributed by atoms with E-state index in [1.54, 1.807) is 6.92 Å². The average molecular weight is 423 g/mol. The van der Waals surface area contributed by atoms with E-state index in [4.69, 9.17) is 10.4 Å². The fourth-order valence-corrected chi connectivity index (χ4v) is 6.58. The maximum Gasteiger partial charge on any atom is 0.353 e.